The molecule has 1 amide bonds. The first-order chi connectivity index (χ1) is 14.4. The molecule has 1 aromatic carbocycles. The van der Waals surface area contributed by atoms with E-state index in [1.165, 1.54) is 4.57 Å². The second kappa shape index (κ2) is 8.53. The third kappa shape index (κ3) is 3.79. The average Bonchev–Trinajstić information content (AvgIpc) is 3.10. The van der Waals surface area contributed by atoms with Gasteiger partial charge >= 0.3 is 11.7 Å². The van der Waals surface area contributed by atoms with Crippen LogP contribution in [-0.4, -0.2) is 69.5 Å². The summed E-state index contributed by atoms with van der Waals surface area (Å²) in [6.07, 6.45) is 3.51. The molecule has 2 aliphatic rings. The Balaban J connectivity index is 1.50. The molecule has 0 saturated carbocycles. The van der Waals surface area contributed by atoms with Crippen molar-refractivity contribution in [1.82, 2.24) is 24.7 Å². The molecule has 4 rings (SSSR count). The van der Waals surface area contributed by atoms with Crippen LogP contribution in [-0.2, 0) is 0 Å². The van der Waals surface area contributed by atoms with Crippen LogP contribution in [0.2, 0.25) is 0 Å². The maximum Gasteiger partial charge on any atom is 0.337 e. The highest BCUT2D eigenvalue weighted by atomic mass is 16.3. The van der Waals surface area contributed by atoms with Gasteiger partial charge in [-0.05, 0) is 58.7 Å². The summed E-state index contributed by atoms with van der Waals surface area (Å²) < 4.78 is 2.95. The highest BCUT2D eigenvalue weighted by Crippen LogP contribution is 2.35. The summed E-state index contributed by atoms with van der Waals surface area (Å²) in [5, 5.41) is 16.3. The minimum absolute atomic E-state index is 0.0282. The zero-order valence-electron chi connectivity index (χ0n) is 18.0. The number of aliphatic hydroxyl groups excluding tert-OH is 1. The first kappa shape index (κ1) is 21.1. The van der Waals surface area contributed by atoms with Gasteiger partial charge in [0.05, 0.1) is 17.1 Å². The van der Waals surface area contributed by atoms with E-state index in [9.17, 15) is 14.7 Å². The molecule has 2 fully saturated rings. The smallest absolute Gasteiger partial charge is 0.337 e. The van der Waals surface area contributed by atoms with Gasteiger partial charge in [-0.1, -0.05) is 12.1 Å². The van der Waals surface area contributed by atoms with Gasteiger partial charge < -0.3 is 15.7 Å². The fraction of sp³-hybridized carbons (Fsp3) is 0.636. The van der Waals surface area contributed by atoms with Gasteiger partial charge in [-0.3, -0.25) is 9.47 Å². The lowest BCUT2D eigenvalue weighted by Crippen LogP contribution is -2.54. The van der Waals surface area contributed by atoms with E-state index in [2.05, 4.69) is 15.5 Å². The van der Waals surface area contributed by atoms with Crippen molar-refractivity contribution in [3.63, 3.8) is 0 Å². The predicted octanol–water partition coefficient (Wildman–Crippen LogP) is 1.52. The molecule has 2 aromatic rings. The Morgan fingerprint density at radius 1 is 1.17 bits per heavy atom. The van der Waals surface area contributed by atoms with E-state index < -0.39 is 0 Å². The third-order valence-corrected chi connectivity index (χ3v) is 6.57. The van der Waals surface area contributed by atoms with Crippen LogP contribution in [0.15, 0.2) is 29.1 Å². The standard InChI is InChI=1S/C22H33N5O3/c1-14(2)26-19-6-4-5-7-20(19)27(22(26)30)21(29)24-15-10-16-8-9-17(11-15)25(16)13-18(28)12-23-3/h4-7,14-18,23,28H,8-13H2,1-3H3,(H,24,29)/t15?,16?,17?,18-/m0/s1. The van der Waals surface area contributed by atoms with Crippen LogP contribution in [0.25, 0.3) is 11.0 Å². The number of benzene rings is 1. The van der Waals surface area contributed by atoms with Crippen molar-refractivity contribution in [3.8, 4) is 0 Å². The number of nitrogens with zero attached hydrogens (tertiary/aromatic N) is 3. The number of nitrogens with one attached hydrogen (secondary N) is 2. The van der Waals surface area contributed by atoms with Crippen LogP contribution < -0.4 is 16.3 Å². The van der Waals surface area contributed by atoms with Crippen molar-refractivity contribution in [2.45, 2.75) is 69.8 Å². The number of para-hydroxylation sites is 2. The summed E-state index contributed by atoms with van der Waals surface area (Å²) in [6, 6.07) is 7.86. The molecule has 0 spiro atoms. The summed E-state index contributed by atoms with van der Waals surface area (Å²) in [5.74, 6) is 0. The molecule has 2 bridgehead atoms. The largest absolute Gasteiger partial charge is 0.390 e. The first-order valence-corrected chi connectivity index (χ1v) is 11.0. The van der Waals surface area contributed by atoms with Crippen LogP contribution in [0.4, 0.5) is 4.79 Å². The first-order valence-electron chi connectivity index (χ1n) is 11.0. The molecule has 3 N–H and O–H groups in total. The number of hydrogen-bond donors (Lipinski definition) is 3. The quantitative estimate of drug-likeness (QED) is 0.665. The molecule has 8 heteroatoms. The van der Waals surface area contributed by atoms with E-state index >= 15 is 0 Å². The highest BCUT2D eigenvalue weighted by Gasteiger charge is 2.41. The number of aromatic nitrogens is 2. The number of aliphatic hydroxyl groups is 1. The maximum atomic E-state index is 13.1. The van der Waals surface area contributed by atoms with E-state index in [-0.39, 0.29) is 29.9 Å². The zero-order valence-corrected chi connectivity index (χ0v) is 18.0. The van der Waals surface area contributed by atoms with Gasteiger partial charge in [0.2, 0.25) is 0 Å². The van der Waals surface area contributed by atoms with Crippen LogP contribution >= 0.6 is 0 Å². The van der Waals surface area contributed by atoms with Gasteiger partial charge in [0.15, 0.2) is 0 Å². The van der Waals surface area contributed by atoms with Crippen LogP contribution in [0, 0.1) is 0 Å². The molecule has 1 aromatic heterocycles. The lowest BCUT2D eigenvalue weighted by atomic mass is 9.97. The Kier molecular flexibility index (Phi) is 5.99. The number of piperidine rings is 1. The number of hydrogen-bond acceptors (Lipinski definition) is 5. The molecule has 2 saturated heterocycles. The average molecular weight is 416 g/mol. The Morgan fingerprint density at radius 3 is 2.40 bits per heavy atom. The maximum absolute atomic E-state index is 13.1. The molecule has 8 nitrogen and oxygen atoms in total. The fourth-order valence-electron chi connectivity index (χ4n) is 5.34. The molecule has 2 unspecified atom stereocenters. The van der Waals surface area contributed by atoms with Crippen molar-refractivity contribution >= 4 is 17.1 Å². The minimum atomic E-state index is -0.384. The number of likely N-dealkylation sites (N-methyl/N-ethyl adjacent to an activating group) is 1. The SMILES string of the molecule is CNC[C@H](O)CN1C2CCC1CC(NC(=O)n1c(=O)n(C(C)C)c3ccccc31)C2. The molecule has 2 aliphatic heterocycles. The van der Waals surface area contributed by atoms with Crippen LogP contribution in [0.1, 0.15) is 45.6 Å². The number of carbonyl (C=O) groups excluding carboxylic acids is 1. The minimum Gasteiger partial charge on any atom is -0.390 e. The summed E-state index contributed by atoms with van der Waals surface area (Å²) in [6.45, 7) is 5.15. The zero-order chi connectivity index (χ0) is 21.4. The predicted molar refractivity (Wildman–Crippen MR) is 117 cm³/mol. The van der Waals surface area contributed by atoms with E-state index in [0.29, 0.717) is 30.7 Å². The molecule has 0 radical (unpaired) electrons. The van der Waals surface area contributed by atoms with Crippen molar-refractivity contribution in [3.05, 3.63) is 34.7 Å². The normalized spacial score (nSPS) is 25.2. The van der Waals surface area contributed by atoms with Gasteiger partial charge in [-0.25, -0.2) is 14.2 Å². The number of rotatable bonds is 6. The summed E-state index contributed by atoms with van der Waals surface area (Å²) >= 11 is 0. The van der Waals surface area contributed by atoms with E-state index in [0.717, 1.165) is 31.2 Å². The molecule has 3 heterocycles. The number of imidazole rings is 1. The molecule has 3 atom stereocenters. The fourth-order valence-corrected chi connectivity index (χ4v) is 5.34. The van der Waals surface area contributed by atoms with Gasteiger partial charge in [0.25, 0.3) is 0 Å². The van der Waals surface area contributed by atoms with E-state index in [1.807, 2.05) is 45.2 Å². The van der Waals surface area contributed by atoms with Gasteiger partial charge in [0, 0.05) is 37.3 Å². The monoisotopic (exact) mass is 415 g/mol. The second-order valence-corrected chi connectivity index (χ2v) is 8.98. The van der Waals surface area contributed by atoms with Crippen molar-refractivity contribution in [2.24, 2.45) is 0 Å². The summed E-state index contributed by atoms with van der Waals surface area (Å²) in [7, 11) is 1.85. The van der Waals surface area contributed by atoms with E-state index in [1.54, 1.807) is 4.57 Å². The number of fused-ring (bicyclic) bond motifs is 3. The lowest BCUT2D eigenvalue weighted by Gasteiger charge is -2.40. The Morgan fingerprint density at radius 2 is 1.80 bits per heavy atom. The molecular formula is C22H33N5O3. The van der Waals surface area contributed by atoms with E-state index in [4.69, 9.17) is 0 Å². The third-order valence-electron chi connectivity index (χ3n) is 6.57. The summed E-state index contributed by atoms with van der Waals surface area (Å²) in [5.41, 5.74) is 1.13. The lowest BCUT2D eigenvalue weighted by molar-refractivity contribution is 0.0543. The molecule has 30 heavy (non-hydrogen) atoms. The Bertz CT molecular complexity index is 951. The summed E-state index contributed by atoms with van der Waals surface area (Å²) in [4.78, 5) is 28.6. The molecule has 164 valence electrons. The van der Waals surface area contributed by atoms with Crippen molar-refractivity contribution in [2.75, 3.05) is 20.1 Å². The highest BCUT2D eigenvalue weighted by molar-refractivity contribution is 5.89. The van der Waals surface area contributed by atoms with Gasteiger partial charge in [0.1, 0.15) is 0 Å². The number of carbonyl (C=O) groups is 1. The van der Waals surface area contributed by atoms with Crippen molar-refractivity contribution in [1.29, 1.82) is 0 Å². The Hall–Kier alpha value is -2.16. The van der Waals surface area contributed by atoms with Crippen LogP contribution in [0.5, 0.6) is 0 Å². The second-order valence-electron chi connectivity index (χ2n) is 8.98. The topological polar surface area (TPSA) is 91.5 Å². The number of amides is 1. The van der Waals surface area contributed by atoms with Gasteiger partial charge in [-0.2, -0.15) is 0 Å². The van der Waals surface area contributed by atoms with Gasteiger partial charge in [-0.15, -0.1) is 0 Å². The van der Waals surface area contributed by atoms with Crippen LogP contribution in [0.3, 0.4) is 0 Å². The molecular weight excluding hydrogens is 382 g/mol. The Labute approximate surface area is 176 Å². The molecule has 0 aliphatic carbocycles. The van der Waals surface area contributed by atoms with Crippen molar-refractivity contribution < 1.29 is 9.90 Å².